The molecule has 122 valence electrons. The van der Waals surface area contributed by atoms with Crippen LogP contribution in [0.5, 0.6) is 5.75 Å². The minimum Gasteiger partial charge on any atom is -0.497 e. The first-order valence-corrected chi connectivity index (χ1v) is 7.57. The highest BCUT2D eigenvalue weighted by Gasteiger charge is 2.38. The van der Waals surface area contributed by atoms with Crippen LogP contribution in [-0.2, 0) is 4.79 Å². The molecule has 0 spiro atoms. The molecule has 1 aliphatic rings. The Balaban J connectivity index is 1.75. The molecule has 7 nitrogen and oxygen atoms in total. The Kier molecular flexibility index (Phi) is 3.35. The van der Waals surface area contributed by atoms with Crippen LogP contribution < -0.4 is 15.5 Å². The van der Waals surface area contributed by atoms with Crippen LogP contribution in [0.2, 0.25) is 0 Å². The topological polar surface area (TPSA) is 87.5 Å². The maximum absolute atomic E-state index is 12.6. The highest BCUT2D eigenvalue weighted by Crippen LogP contribution is 2.34. The quantitative estimate of drug-likeness (QED) is 0.567. The number of carbonyl (C=O) groups is 1. The summed E-state index contributed by atoms with van der Waals surface area (Å²) < 4.78 is 5.19. The summed E-state index contributed by atoms with van der Waals surface area (Å²) in [5.41, 5.74) is 3.59. The number of amides is 1. The van der Waals surface area contributed by atoms with Gasteiger partial charge in [0.05, 0.1) is 24.5 Å². The molecule has 7 heteroatoms. The molecule has 1 fully saturated rings. The first kappa shape index (κ1) is 14.5. The molecule has 0 radical (unpaired) electrons. The second-order valence-electron chi connectivity index (χ2n) is 5.70. The predicted octanol–water partition coefficient (Wildman–Crippen LogP) is 1.79. The van der Waals surface area contributed by atoms with E-state index in [1.165, 1.54) is 5.01 Å². The van der Waals surface area contributed by atoms with E-state index >= 15 is 0 Å². The SMILES string of the molecule is COc1ccc(C2C(=O)N(N)CN2c2ccc3nc[nH]c3c2)cc1. The van der Waals surface area contributed by atoms with Crippen molar-refractivity contribution in [2.45, 2.75) is 6.04 Å². The summed E-state index contributed by atoms with van der Waals surface area (Å²) in [5, 5.41) is 1.24. The number of hydrogen-bond donors (Lipinski definition) is 2. The third-order valence-corrected chi connectivity index (χ3v) is 4.30. The number of hydrogen-bond acceptors (Lipinski definition) is 5. The normalized spacial score (nSPS) is 17.8. The molecule has 0 aliphatic carbocycles. The number of carbonyl (C=O) groups excluding carboxylic acids is 1. The summed E-state index contributed by atoms with van der Waals surface area (Å²) in [6.07, 6.45) is 1.65. The van der Waals surface area contributed by atoms with E-state index in [0.29, 0.717) is 6.67 Å². The molecule has 1 unspecified atom stereocenters. The zero-order valence-corrected chi connectivity index (χ0v) is 13.1. The summed E-state index contributed by atoms with van der Waals surface area (Å²) in [6, 6.07) is 12.9. The predicted molar refractivity (Wildman–Crippen MR) is 90.2 cm³/mol. The third-order valence-electron chi connectivity index (χ3n) is 4.30. The van der Waals surface area contributed by atoms with Gasteiger partial charge in [0, 0.05) is 5.69 Å². The minimum absolute atomic E-state index is 0.134. The Labute approximate surface area is 138 Å². The van der Waals surface area contributed by atoms with Gasteiger partial charge >= 0.3 is 0 Å². The molecule has 4 rings (SSSR count). The molecule has 1 saturated heterocycles. The van der Waals surface area contributed by atoms with E-state index < -0.39 is 6.04 Å². The summed E-state index contributed by atoms with van der Waals surface area (Å²) in [5.74, 6) is 6.49. The molecular formula is C17H17N5O2. The summed E-state index contributed by atoms with van der Waals surface area (Å²) in [7, 11) is 1.61. The number of nitrogens with one attached hydrogen (secondary N) is 1. The maximum atomic E-state index is 12.6. The number of H-pyrrole nitrogens is 1. The lowest BCUT2D eigenvalue weighted by molar-refractivity contribution is -0.129. The summed E-state index contributed by atoms with van der Waals surface area (Å²) >= 11 is 0. The summed E-state index contributed by atoms with van der Waals surface area (Å²) in [4.78, 5) is 21.9. The number of fused-ring (bicyclic) bond motifs is 1. The van der Waals surface area contributed by atoms with Gasteiger partial charge in [0.2, 0.25) is 0 Å². The van der Waals surface area contributed by atoms with Crippen molar-refractivity contribution in [1.29, 1.82) is 0 Å². The average molecular weight is 323 g/mol. The number of nitrogens with zero attached hydrogens (tertiary/aromatic N) is 3. The third kappa shape index (κ3) is 2.26. The smallest absolute Gasteiger partial charge is 0.265 e. The number of anilines is 1. The number of imidazole rings is 1. The van der Waals surface area contributed by atoms with Crippen LogP contribution in [0.15, 0.2) is 48.8 Å². The first-order valence-electron chi connectivity index (χ1n) is 7.57. The fourth-order valence-electron chi connectivity index (χ4n) is 3.05. The van der Waals surface area contributed by atoms with Crippen molar-refractivity contribution >= 4 is 22.6 Å². The van der Waals surface area contributed by atoms with E-state index in [2.05, 4.69) is 9.97 Å². The van der Waals surface area contributed by atoms with Crippen LogP contribution in [0, 0.1) is 0 Å². The highest BCUT2D eigenvalue weighted by atomic mass is 16.5. The molecule has 3 N–H and O–H groups in total. The van der Waals surface area contributed by atoms with Gasteiger partial charge in [0.1, 0.15) is 18.5 Å². The molecule has 0 saturated carbocycles. The molecule has 1 amide bonds. The molecular weight excluding hydrogens is 306 g/mol. The number of methoxy groups -OCH3 is 1. The van der Waals surface area contributed by atoms with E-state index in [-0.39, 0.29) is 5.91 Å². The van der Waals surface area contributed by atoms with Gasteiger partial charge in [0.15, 0.2) is 0 Å². The second kappa shape index (κ2) is 5.54. The van der Waals surface area contributed by atoms with Crippen LogP contribution in [-0.4, -0.2) is 34.7 Å². The fraction of sp³-hybridized carbons (Fsp3) is 0.176. The number of rotatable bonds is 3. The van der Waals surface area contributed by atoms with Crippen molar-refractivity contribution < 1.29 is 9.53 Å². The van der Waals surface area contributed by atoms with Gasteiger partial charge in [-0.1, -0.05) is 12.1 Å². The van der Waals surface area contributed by atoms with E-state index in [1.807, 2.05) is 47.4 Å². The number of hydrazine groups is 1. The van der Waals surface area contributed by atoms with Crippen molar-refractivity contribution in [2.24, 2.45) is 5.84 Å². The molecule has 2 heterocycles. The van der Waals surface area contributed by atoms with Crippen LogP contribution in [0.1, 0.15) is 11.6 Å². The van der Waals surface area contributed by atoms with Crippen LogP contribution >= 0.6 is 0 Å². The number of aromatic nitrogens is 2. The highest BCUT2D eigenvalue weighted by molar-refractivity contribution is 5.90. The lowest BCUT2D eigenvalue weighted by Crippen LogP contribution is -2.33. The molecule has 3 aromatic rings. The number of ether oxygens (including phenoxy) is 1. The second-order valence-corrected chi connectivity index (χ2v) is 5.70. The molecule has 1 atom stereocenters. The monoisotopic (exact) mass is 323 g/mol. The van der Waals surface area contributed by atoms with Gasteiger partial charge in [-0.2, -0.15) is 0 Å². The largest absolute Gasteiger partial charge is 0.497 e. The summed E-state index contributed by atoms with van der Waals surface area (Å²) in [6.45, 7) is 0.329. The average Bonchev–Trinajstić information content (AvgIpc) is 3.19. The molecule has 1 aliphatic heterocycles. The zero-order valence-electron chi connectivity index (χ0n) is 13.1. The number of benzene rings is 2. The Morgan fingerprint density at radius 1 is 1.25 bits per heavy atom. The maximum Gasteiger partial charge on any atom is 0.265 e. The number of aromatic amines is 1. The van der Waals surface area contributed by atoms with E-state index in [1.54, 1.807) is 13.4 Å². The number of nitrogens with two attached hydrogens (primary N) is 1. The van der Waals surface area contributed by atoms with Gasteiger partial charge in [-0.05, 0) is 35.9 Å². The lowest BCUT2D eigenvalue weighted by atomic mass is 10.0. The van der Waals surface area contributed by atoms with E-state index in [9.17, 15) is 4.79 Å². The molecule has 24 heavy (non-hydrogen) atoms. The molecule has 2 aromatic carbocycles. The first-order chi connectivity index (χ1) is 11.7. The fourth-order valence-corrected chi connectivity index (χ4v) is 3.05. The Hall–Kier alpha value is -3.06. The minimum atomic E-state index is -0.457. The van der Waals surface area contributed by atoms with Crippen molar-refractivity contribution in [1.82, 2.24) is 15.0 Å². The Morgan fingerprint density at radius 2 is 2.04 bits per heavy atom. The van der Waals surface area contributed by atoms with Gasteiger partial charge < -0.3 is 14.6 Å². The van der Waals surface area contributed by atoms with Crippen molar-refractivity contribution in [3.8, 4) is 5.75 Å². The van der Waals surface area contributed by atoms with Crippen LogP contribution in [0.25, 0.3) is 11.0 Å². The van der Waals surface area contributed by atoms with Crippen LogP contribution in [0.3, 0.4) is 0 Å². The lowest BCUT2D eigenvalue weighted by Gasteiger charge is -2.24. The molecule has 0 bridgehead atoms. The van der Waals surface area contributed by atoms with Gasteiger partial charge in [0.25, 0.3) is 5.91 Å². The van der Waals surface area contributed by atoms with Crippen molar-refractivity contribution in [3.63, 3.8) is 0 Å². The van der Waals surface area contributed by atoms with Gasteiger partial charge in [-0.25, -0.2) is 10.8 Å². The van der Waals surface area contributed by atoms with E-state index in [4.69, 9.17) is 10.6 Å². The Morgan fingerprint density at radius 3 is 2.79 bits per heavy atom. The molecule has 1 aromatic heterocycles. The Bertz CT molecular complexity index is 889. The van der Waals surface area contributed by atoms with E-state index in [0.717, 1.165) is 28.0 Å². The van der Waals surface area contributed by atoms with Gasteiger partial charge in [-0.15, -0.1) is 0 Å². The van der Waals surface area contributed by atoms with Crippen LogP contribution in [0.4, 0.5) is 5.69 Å². The van der Waals surface area contributed by atoms with Gasteiger partial charge in [-0.3, -0.25) is 9.80 Å². The van der Waals surface area contributed by atoms with Crippen molar-refractivity contribution in [2.75, 3.05) is 18.7 Å². The van der Waals surface area contributed by atoms with Crippen molar-refractivity contribution in [3.05, 3.63) is 54.4 Å². The zero-order chi connectivity index (χ0) is 16.7. The standard InChI is InChI=1S/C17H17N5O2/c1-24-13-5-2-11(3-6-13)16-17(23)22(18)10-21(16)12-4-7-14-15(8-12)20-9-19-14/h2-9,16H,10,18H2,1H3,(H,19,20).